The van der Waals surface area contributed by atoms with Crippen molar-refractivity contribution in [2.24, 2.45) is 5.73 Å². The molecule has 2 rings (SSSR count). The Morgan fingerprint density at radius 1 is 1.37 bits per heavy atom. The van der Waals surface area contributed by atoms with Crippen molar-refractivity contribution in [3.05, 3.63) is 40.0 Å². The van der Waals surface area contributed by atoms with E-state index in [1.165, 1.54) is 13.3 Å². The molecular weight excluding hydrogens is 279 g/mol. The highest BCUT2D eigenvalue weighted by atomic mass is 32.1. The Morgan fingerprint density at radius 3 is 2.68 bits per heavy atom. The largest absolute Gasteiger partial charge is 0.481 e. The molecule has 0 saturated heterocycles. The first-order valence-electron chi connectivity index (χ1n) is 5.21. The Kier molecular flexibility index (Phi) is 3.72. The minimum atomic E-state index is -4.46. The molecule has 0 aliphatic carbocycles. The summed E-state index contributed by atoms with van der Waals surface area (Å²) in [6.07, 6.45) is -1.81. The number of hydrogen-bond acceptors (Lipinski definition) is 5. The number of nitrogens with zero attached hydrogens (tertiary/aromatic N) is 2. The van der Waals surface area contributed by atoms with Crippen LogP contribution in [0.3, 0.4) is 0 Å². The van der Waals surface area contributed by atoms with E-state index in [1.54, 1.807) is 12.1 Å². The SMILES string of the molecule is COc1ncccc1C(N)c1cnc(C(F)(F)F)s1. The molecule has 0 aliphatic rings. The summed E-state index contributed by atoms with van der Waals surface area (Å²) < 4.78 is 42.5. The first-order valence-corrected chi connectivity index (χ1v) is 6.02. The third kappa shape index (κ3) is 2.85. The van der Waals surface area contributed by atoms with E-state index in [0.29, 0.717) is 21.8 Å². The Morgan fingerprint density at radius 2 is 2.11 bits per heavy atom. The predicted octanol–water partition coefficient (Wildman–Crippen LogP) is 2.61. The number of halogens is 3. The molecule has 1 unspecified atom stereocenters. The molecule has 0 fully saturated rings. The summed E-state index contributed by atoms with van der Waals surface area (Å²) in [4.78, 5) is 7.61. The van der Waals surface area contributed by atoms with E-state index >= 15 is 0 Å². The molecule has 19 heavy (non-hydrogen) atoms. The van der Waals surface area contributed by atoms with Crippen LogP contribution < -0.4 is 10.5 Å². The van der Waals surface area contributed by atoms with Gasteiger partial charge in [-0.25, -0.2) is 9.97 Å². The first kappa shape index (κ1) is 13.8. The number of thiazole rings is 1. The lowest BCUT2D eigenvalue weighted by atomic mass is 10.1. The van der Waals surface area contributed by atoms with Crippen LogP contribution in [-0.2, 0) is 6.18 Å². The number of methoxy groups -OCH3 is 1. The lowest BCUT2D eigenvalue weighted by molar-refractivity contribution is -0.137. The Bertz CT molecular complexity index is 570. The normalized spacial score (nSPS) is 13.3. The van der Waals surface area contributed by atoms with Crippen molar-refractivity contribution in [1.29, 1.82) is 0 Å². The molecule has 0 bridgehead atoms. The van der Waals surface area contributed by atoms with Crippen LogP contribution in [0.5, 0.6) is 5.88 Å². The van der Waals surface area contributed by atoms with Crippen molar-refractivity contribution < 1.29 is 17.9 Å². The molecule has 2 aromatic rings. The molecule has 0 radical (unpaired) electrons. The van der Waals surface area contributed by atoms with E-state index < -0.39 is 17.2 Å². The van der Waals surface area contributed by atoms with Gasteiger partial charge in [-0.05, 0) is 6.07 Å². The summed E-state index contributed by atoms with van der Waals surface area (Å²) in [7, 11) is 1.42. The lowest BCUT2D eigenvalue weighted by Crippen LogP contribution is -2.12. The molecule has 8 heteroatoms. The number of alkyl halides is 3. The summed E-state index contributed by atoms with van der Waals surface area (Å²) >= 11 is 0.518. The maximum atomic E-state index is 12.5. The van der Waals surface area contributed by atoms with Gasteiger partial charge in [0.25, 0.3) is 0 Å². The molecule has 1 atom stereocenters. The van der Waals surface area contributed by atoms with E-state index in [1.807, 2.05) is 0 Å². The average Bonchev–Trinajstić information content (AvgIpc) is 2.87. The van der Waals surface area contributed by atoms with E-state index in [0.717, 1.165) is 6.20 Å². The van der Waals surface area contributed by atoms with E-state index in [4.69, 9.17) is 10.5 Å². The van der Waals surface area contributed by atoms with Crippen LogP contribution in [0.4, 0.5) is 13.2 Å². The summed E-state index contributed by atoms with van der Waals surface area (Å²) in [5.74, 6) is 0.289. The van der Waals surface area contributed by atoms with Gasteiger partial charge in [0.2, 0.25) is 5.88 Å². The number of ether oxygens (including phenoxy) is 1. The van der Waals surface area contributed by atoms with Crippen molar-refractivity contribution >= 4 is 11.3 Å². The van der Waals surface area contributed by atoms with Gasteiger partial charge in [-0.15, -0.1) is 11.3 Å². The predicted molar refractivity (Wildman–Crippen MR) is 63.9 cm³/mol. The maximum Gasteiger partial charge on any atom is 0.443 e. The molecule has 2 heterocycles. The fraction of sp³-hybridized carbons (Fsp3) is 0.273. The lowest BCUT2D eigenvalue weighted by Gasteiger charge is -2.12. The van der Waals surface area contributed by atoms with E-state index in [9.17, 15) is 13.2 Å². The molecule has 0 saturated carbocycles. The molecule has 0 amide bonds. The van der Waals surface area contributed by atoms with Crippen molar-refractivity contribution in [3.8, 4) is 5.88 Å². The second-order valence-electron chi connectivity index (χ2n) is 3.65. The van der Waals surface area contributed by atoms with Gasteiger partial charge >= 0.3 is 6.18 Å². The average molecular weight is 289 g/mol. The molecule has 102 valence electrons. The second kappa shape index (κ2) is 5.14. The van der Waals surface area contributed by atoms with Crippen molar-refractivity contribution in [2.45, 2.75) is 12.2 Å². The smallest absolute Gasteiger partial charge is 0.443 e. The van der Waals surface area contributed by atoms with Crippen LogP contribution in [0.25, 0.3) is 0 Å². The van der Waals surface area contributed by atoms with Crippen molar-refractivity contribution in [2.75, 3.05) is 7.11 Å². The number of nitrogens with two attached hydrogens (primary N) is 1. The molecule has 0 aromatic carbocycles. The van der Waals surface area contributed by atoms with Crippen LogP contribution in [0.2, 0.25) is 0 Å². The summed E-state index contributed by atoms with van der Waals surface area (Å²) in [5, 5.41) is -0.916. The third-order valence-electron chi connectivity index (χ3n) is 2.40. The Hall–Kier alpha value is -1.67. The molecule has 4 nitrogen and oxygen atoms in total. The molecule has 2 aromatic heterocycles. The van der Waals surface area contributed by atoms with Crippen LogP contribution >= 0.6 is 11.3 Å². The molecule has 0 aliphatic heterocycles. The summed E-state index contributed by atoms with van der Waals surface area (Å²) in [6, 6.07) is 2.55. The zero-order valence-electron chi connectivity index (χ0n) is 9.81. The zero-order chi connectivity index (χ0) is 14.0. The fourth-order valence-corrected chi connectivity index (χ4v) is 2.33. The molecule has 0 spiro atoms. The highest BCUT2D eigenvalue weighted by molar-refractivity contribution is 7.11. The minimum absolute atomic E-state index is 0.289. The molecule has 2 N–H and O–H groups in total. The van der Waals surface area contributed by atoms with Gasteiger partial charge in [-0.2, -0.15) is 13.2 Å². The van der Waals surface area contributed by atoms with E-state index in [2.05, 4.69) is 9.97 Å². The van der Waals surface area contributed by atoms with Gasteiger partial charge in [0, 0.05) is 22.8 Å². The van der Waals surface area contributed by atoms with Gasteiger partial charge in [0.15, 0.2) is 5.01 Å². The summed E-state index contributed by atoms with van der Waals surface area (Å²) in [5.41, 5.74) is 6.45. The van der Waals surface area contributed by atoms with E-state index in [-0.39, 0.29) is 5.88 Å². The maximum absolute atomic E-state index is 12.5. The van der Waals surface area contributed by atoms with Gasteiger partial charge < -0.3 is 10.5 Å². The van der Waals surface area contributed by atoms with Crippen molar-refractivity contribution in [1.82, 2.24) is 9.97 Å². The van der Waals surface area contributed by atoms with Gasteiger partial charge in [-0.3, -0.25) is 0 Å². The fourth-order valence-electron chi connectivity index (χ4n) is 1.53. The van der Waals surface area contributed by atoms with Crippen LogP contribution in [0, 0.1) is 0 Å². The summed E-state index contributed by atoms with van der Waals surface area (Å²) in [6.45, 7) is 0. The monoisotopic (exact) mass is 289 g/mol. The van der Waals surface area contributed by atoms with Crippen LogP contribution in [0.15, 0.2) is 24.5 Å². The van der Waals surface area contributed by atoms with Crippen LogP contribution in [0.1, 0.15) is 21.5 Å². The second-order valence-corrected chi connectivity index (χ2v) is 4.71. The van der Waals surface area contributed by atoms with Crippen molar-refractivity contribution in [3.63, 3.8) is 0 Å². The van der Waals surface area contributed by atoms with Crippen LogP contribution in [-0.4, -0.2) is 17.1 Å². The standard InChI is InChI=1S/C11H10F3N3OS/c1-18-9-6(3-2-4-16-9)8(15)7-5-17-10(19-7)11(12,13)14/h2-5,8H,15H2,1H3. The number of rotatable bonds is 3. The number of aromatic nitrogens is 2. The first-order chi connectivity index (χ1) is 8.93. The van der Waals surface area contributed by atoms with Gasteiger partial charge in [-0.1, -0.05) is 6.07 Å². The molecular formula is C11H10F3N3OS. The Balaban J connectivity index is 2.34. The quantitative estimate of drug-likeness (QED) is 0.943. The zero-order valence-corrected chi connectivity index (χ0v) is 10.6. The Labute approximate surface area is 111 Å². The number of hydrogen-bond donors (Lipinski definition) is 1. The highest BCUT2D eigenvalue weighted by Crippen LogP contribution is 2.36. The van der Waals surface area contributed by atoms with Gasteiger partial charge in [0.1, 0.15) is 0 Å². The number of pyridine rings is 1. The topological polar surface area (TPSA) is 61.0 Å². The minimum Gasteiger partial charge on any atom is -0.481 e. The third-order valence-corrected chi connectivity index (χ3v) is 3.53. The van der Waals surface area contributed by atoms with Gasteiger partial charge in [0.05, 0.1) is 13.2 Å². The highest BCUT2D eigenvalue weighted by Gasteiger charge is 2.35.